The second-order valence-electron chi connectivity index (χ2n) is 7.37. The molecule has 0 saturated carbocycles. The van der Waals surface area contributed by atoms with E-state index in [1.807, 2.05) is 0 Å². The smallest absolute Gasteiger partial charge is 0.0797 e. The largest absolute Gasteiger partial charge is 0.0872 e. The van der Waals surface area contributed by atoms with Gasteiger partial charge in [0.25, 0.3) is 0 Å². The normalized spacial score (nSPS) is 21.9. The molecular formula is C24H16Cl4. The summed E-state index contributed by atoms with van der Waals surface area (Å²) in [4.78, 5) is 0. The van der Waals surface area contributed by atoms with E-state index in [4.69, 9.17) is 46.4 Å². The molecule has 2 bridgehead atoms. The van der Waals surface area contributed by atoms with Gasteiger partial charge in [-0.05, 0) is 47.2 Å². The molecule has 140 valence electrons. The minimum Gasteiger partial charge on any atom is -0.0872 e. The lowest BCUT2D eigenvalue weighted by Gasteiger charge is -2.52. The summed E-state index contributed by atoms with van der Waals surface area (Å²) >= 11 is 26.8. The molecule has 0 aromatic heterocycles. The van der Waals surface area contributed by atoms with Crippen LogP contribution >= 0.6 is 46.4 Å². The van der Waals surface area contributed by atoms with E-state index in [-0.39, 0.29) is 5.92 Å². The van der Waals surface area contributed by atoms with Crippen molar-refractivity contribution in [1.29, 1.82) is 0 Å². The molecule has 28 heavy (non-hydrogen) atoms. The monoisotopic (exact) mass is 444 g/mol. The summed E-state index contributed by atoms with van der Waals surface area (Å²) in [6, 6.07) is 17.1. The maximum Gasteiger partial charge on any atom is 0.0797 e. The molecule has 0 unspecified atom stereocenters. The highest BCUT2D eigenvalue weighted by Crippen LogP contribution is 2.65. The highest BCUT2D eigenvalue weighted by Gasteiger charge is 2.54. The summed E-state index contributed by atoms with van der Waals surface area (Å²) in [6.07, 6.45) is 2.15. The highest BCUT2D eigenvalue weighted by molar-refractivity contribution is 6.52. The maximum absolute atomic E-state index is 6.90. The fraction of sp³-hybridized carbons (Fsp3) is 0.167. The first-order valence-electron chi connectivity index (χ1n) is 9.14. The summed E-state index contributed by atoms with van der Waals surface area (Å²) in [5, 5.41) is 1.62. The fourth-order valence-electron chi connectivity index (χ4n) is 5.20. The van der Waals surface area contributed by atoms with Crippen LogP contribution in [0.3, 0.4) is 0 Å². The zero-order valence-electron chi connectivity index (χ0n) is 15.3. The van der Waals surface area contributed by atoms with Crippen LogP contribution < -0.4 is 0 Å². The van der Waals surface area contributed by atoms with Crippen LogP contribution in [0.4, 0.5) is 0 Å². The lowest BCUT2D eigenvalue weighted by molar-refractivity contribution is 0.617. The van der Waals surface area contributed by atoms with E-state index < -0.39 is 5.41 Å². The molecule has 0 amide bonds. The van der Waals surface area contributed by atoms with E-state index in [1.54, 1.807) is 0 Å². The minimum absolute atomic E-state index is 0.0197. The SMILES string of the molecule is C/C=C(/C)C12c3ccccc3C(c3ccccc31)c1c(Cl)c(Cl)c(Cl)c(Cl)c12. The number of allylic oxidation sites excluding steroid dienone is 2. The van der Waals surface area contributed by atoms with Crippen molar-refractivity contribution in [2.24, 2.45) is 0 Å². The molecule has 6 rings (SSSR count). The van der Waals surface area contributed by atoms with Crippen molar-refractivity contribution >= 4 is 46.4 Å². The van der Waals surface area contributed by atoms with E-state index in [0.29, 0.717) is 20.1 Å². The zero-order chi connectivity index (χ0) is 19.8. The number of rotatable bonds is 1. The third-order valence-corrected chi connectivity index (χ3v) is 8.16. The Hall–Kier alpha value is -1.44. The van der Waals surface area contributed by atoms with Crippen molar-refractivity contribution < 1.29 is 0 Å². The molecule has 0 heterocycles. The molecule has 4 heteroatoms. The van der Waals surface area contributed by atoms with E-state index >= 15 is 0 Å². The summed E-state index contributed by atoms with van der Waals surface area (Å²) in [5.41, 5.74) is 7.53. The Morgan fingerprint density at radius 3 is 1.82 bits per heavy atom. The second kappa shape index (κ2) is 6.28. The Morgan fingerprint density at radius 2 is 1.29 bits per heavy atom. The molecule has 0 atom stereocenters. The van der Waals surface area contributed by atoms with Crippen molar-refractivity contribution in [2.75, 3.05) is 0 Å². The van der Waals surface area contributed by atoms with Gasteiger partial charge < -0.3 is 0 Å². The standard InChI is InChI=1S/C24H16Cl4/c1-3-12(2)24-15-10-6-4-8-13(15)17(14-9-5-7-11-16(14)24)18-19(24)21(26)23(28)22(27)20(18)25/h3-11,17H,1-2H3/b12-3-. The van der Waals surface area contributed by atoms with Crippen LogP contribution in [0.25, 0.3) is 0 Å². The van der Waals surface area contributed by atoms with E-state index in [2.05, 4.69) is 68.5 Å². The molecule has 0 saturated heterocycles. The van der Waals surface area contributed by atoms with Gasteiger partial charge in [-0.3, -0.25) is 0 Å². The topological polar surface area (TPSA) is 0 Å². The van der Waals surface area contributed by atoms with Gasteiger partial charge in [0.05, 0.1) is 25.5 Å². The van der Waals surface area contributed by atoms with Crippen LogP contribution in [0.15, 0.2) is 60.2 Å². The van der Waals surface area contributed by atoms with Gasteiger partial charge in [-0.15, -0.1) is 0 Å². The molecule has 0 aliphatic heterocycles. The molecule has 3 aromatic carbocycles. The second-order valence-corrected chi connectivity index (χ2v) is 8.89. The zero-order valence-corrected chi connectivity index (χ0v) is 18.3. The summed E-state index contributed by atoms with van der Waals surface area (Å²) < 4.78 is 0. The van der Waals surface area contributed by atoms with Crippen molar-refractivity contribution in [3.05, 3.63) is 114 Å². The molecule has 0 nitrogen and oxygen atoms in total. The average molecular weight is 446 g/mol. The van der Waals surface area contributed by atoms with E-state index in [1.165, 1.54) is 27.8 Å². The summed E-state index contributed by atoms with van der Waals surface area (Å²) in [6.45, 7) is 4.21. The minimum atomic E-state index is -0.541. The quantitative estimate of drug-likeness (QED) is 0.200. The predicted molar refractivity (Wildman–Crippen MR) is 120 cm³/mol. The van der Waals surface area contributed by atoms with Crippen LogP contribution in [-0.2, 0) is 5.41 Å². The van der Waals surface area contributed by atoms with Gasteiger partial charge in [0, 0.05) is 5.92 Å². The van der Waals surface area contributed by atoms with Crippen LogP contribution in [0.2, 0.25) is 20.1 Å². The molecular weight excluding hydrogens is 430 g/mol. The molecule has 3 aliphatic rings. The molecule has 3 aliphatic carbocycles. The van der Waals surface area contributed by atoms with Gasteiger partial charge in [-0.25, -0.2) is 0 Å². The third-order valence-electron chi connectivity index (χ3n) is 6.34. The van der Waals surface area contributed by atoms with Crippen molar-refractivity contribution in [1.82, 2.24) is 0 Å². The highest BCUT2D eigenvalue weighted by atomic mass is 35.5. The third kappa shape index (κ3) is 2.00. The lowest BCUT2D eigenvalue weighted by atomic mass is 9.50. The Balaban J connectivity index is 2.10. The van der Waals surface area contributed by atoms with Crippen LogP contribution in [0, 0.1) is 0 Å². The average Bonchev–Trinajstić information content (AvgIpc) is 2.74. The fourth-order valence-corrected chi connectivity index (χ4v) is 6.32. The first-order valence-corrected chi connectivity index (χ1v) is 10.7. The first-order chi connectivity index (χ1) is 13.5. The number of benzene rings is 3. The van der Waals surface area contributed by atoms with Gasteiger partial charge in [0.2, 0.25) is 0 Å². The van der Waals surface area contributed by atoms with E-state index in [0.717, 1.165) is 11.1 Å². The molecule has 3 aromatic rings. The molecule has 0 radical (unpaired) electrons. The summed E-state index contributed by atoms with van der Waals surface area (Å²) in [7, 11) is 0. The van der Waals surface area contributed by atoms with Crippen molar-refractivity contribution in [3.8, 4) is 0 Å². The van der Waals surface area contributed by atoms with Crippen LogP contribution in [-0.4, -0.2) is 0 Å². The van der Waals surface area contributed by atoms with Gasteiger partial charge >= 0.3 is 0 Å². The Labute approximate surface area is 184 Å². The Bertz CT molecular complexity index is 1140. The molecule has 0 N–H and O–H groups in total. The lowest BCUT2D eigenvalue weighted by Crippen LogP contribution is -2.43. The Kier molecular flexibility index (Phi) is 4.17. The van der Waals surface area contributed by atoms with Crippen LogP contribution in [0.5, 0.6) is 0 Å². The molecule has 0 fully saturated rings. The van der Waals surface area contributed by atoms with Gasteiger partial charge in [-0.2, -0.15) is 0 Å². The Morgan fingerprint density at radius 1 is 0.786 bits per heavy atom. The molecule has 0 spiro atoms. The number of hydrogen-bond donors (Lipinski definition) is 0. The predicted octanol–water partition coefficient (Wildman–Crippen LogP) is 8.41. The first kappa shape index (κ1) is 18.6. The number of hydrogen-bond acceptors (Lipinski definition) is 0. The summed E-state index contributed by atoms with van der Waals surface area (Å²) in [5.74, 6) is -0.0197. The maximum atomic E-state index is 6.90. The van der Waals surface area contributed by atoms with Crippen molar-refractivity contribution in [2.45, 2.75) is 25.2 Å². The van der Waals surface area contributed by atoms with Crippen molar-refractivity contribution in [3.63, 3.8) is 0 Å². The van der Waals surface area contributed by atoms with E-state index in [9.17, 15) is 0 Å². The van der Waals surface area contributed by atoms with Gasteiger partial charge in [-0.1, -0.05) is 107 Å². The number of halogens is 4. The van der Waals surface area contributed by atoms with Gasteiger partial charge in [0.1, 0.15) is 0 Å². The van der Waals surface area contributed by atoms with Crippen LogP contribution in [0.1, 0.15) is 53.1 Å². The van der Waals surface area contributed by atoms with Gasteiger partial charge in [0.15, 0.2) is 0 Å².